The molecular formula is C28H27N5O4. The van der Waals surface area contributed by atoms with Crippen molar-refractivity contribution in [1.82, 2.24) is 14.0 Å². The Morgan fingerprint density at radius 1 is 1.03 bits per heavy atom. The number of azo groups is 1. The zero-order chi connectivity index (χ0) is 25.5. The zero-order valence-electron chi connectivity index (χ0n) is 20.4. The average Bonchev–Trinajstić information content (AvgIpc) is 3.18. The van der Waals surface area contributed by atoms with Crippen LogP contribution in [0.3, 0.4) is 0 Å². The molecule has 2 atom stereocenters. The molecule has 4 heterocycles. The van der Waals surface area contributed by atoms with E-state index >= 15 is 0 Å². The average molecular weight is 498 g/mol. The molecule has 4 aromatic rings. The highest BCUT2D eigenvalue weighted by atomic mass is 16.5. The largest absolute Gasteiger partial charge is 0.496 e. The number of aromatic hydroxyl groups is 1. The van der Waals surface area contributed by atoms with Crippen LogP contribution in [0.2, 0.25) is 0 Å². The van der Waals surface area contributed by atoms with Crippen LogP contribution in [0.15, 0.2) is 81.8 Å². The van der Waals surface area contributed by atoms with Crippen LogP contribution in [0.25, 0.3) is 10.9 Å². The third kappa shape index (κ3) is 4.11. The Morgan fingerprint density at radius 2 is 1.84 bits per heavy atom. The predicted octanol–water partition coefficient (Wildman–Crippen LogP) is 4.52. The lowest BCUT2D eigenvalue weighted by Gasteiger charge is -2.42. The molecule has 6 rings (SSSR count). The van der Waals surface area contributed by atoms with Gasteiger partial charge in [-0.05, 0) is 36.6 Å². The number of rotatable bonds is 5. The monoisotopic (exact) mass is 497 g/mol. The minimum atomic E-state index is -0.550. The van der Waals surface area contributed by atoms with E-state index in [1.54, 1.807) is 30.3 Å². The van der Waals surface area contributed by atoms with Crippen LogP contribution >= 0.6 is 0 Å². The minimum Gasteiger partial charge on any atom is -0.496 e. The van der Waals surface area contributed by atoms with Crippen molar-refractivity contribution in [3.63, 3.8) is 0 Å². The van der Waals surface area contributed by atoms with E-state index < -0.39 is 5.91 Å². The van der Waals surface area contributed by atoms with Crippen LogP contribution in [-0.4, -0.2) is 45.2 Å². The van der Waals surface area contributed by atoms with Gasteiger partial charge in [0, 0.05) is 42.7 Å². The number of para-hydroxylation sites is 2. The molecular weight excluding hydrogens is 470 g/mol. The molecule has 0 saturated carbocycles. The molecule has 9 heteroatoms. The van der Waals surface area contributed by atoms with Gasteiger partial charge in [0.15, 0.2) is 5.69 Å². The van der Waals surface area contributed by atoms with Crippen molar-refractivity contribution in [3.05, 3.63) is 88.3 Å². The smallest absolute Gasteiger partial charge is 0.299 e. The summed E-state index contributed by atoms with van der Waals surface area (Å²) >= 11 is 0. The second-order valence-corrected chi connectivity index (χ2v) is 9.70. The Kier molecular flexibility index (Phi) is 5.84. The summed E-state index contributed by atoms with van der Waals surface area (Å²) in [5.41, 5.74) is 2.52. The summed E-state index contributed by atoms with van der Waals surface area (Å²) in [6.07, 6.45) is 1.06. The number of pyridine rings is 1. The number of ether oxygens (including phenoxy) is 1. The standard InChI is InChI=1S/C28H27N5O4/c1-37-24-11-5-3-8-21(24)27(35)30-29-26-20-7-2-4-9-23(20)33(28(26)36)17-31-14-18-13-19(16-31)22-10-6-12-25(34)32(22)15-18/h2-12,18-19,36H,13-17H2,1H3/t18-,19+/m0/s1. The zero-order valence-corrected chi connectivity index (χ0v) is 20.4. The van der Waals surface area contributed by atoms with Crippen LogP contribution in [-0.2, 0) is 13.2 Å². The Morgan fingerprint density at radius 3 is 2.70 bits per heavy atom. The molecule has 0 aliphatic carbocycles. The molecule has 37 heavy (non-hydrogen) atoms. The molecule has 2 aromatic heterocycles. The second-order valence-electron chi connectivity index (χ2n) is 9.70. The summed E-state index contributed by atoms with van der Waals surface area (Å²) < 4.78 is 8.99. The van der Waals surface area contributed by atoms with E-state index in [2.05, 4.69) is 15.1 Å². The summed E-state index contributed by atoms with van der Waals surface area (Å²) in [4.78, 5) is 27.4. The number of hydrogen-bond acceptors (Lipinski definition) is 6. The van der Waals surface area contributed by atoms with Crippen LogP contribution < -0.4 is 10.3 Å². The lowest BCUT2D eigenvalue weighted by molar-refractivity contribution is 0.0922. The van der Waals surface area contributed by atoms with Gasteiger partial charge in [-0.2, -0.15) is 0 Å². The van der Waals surface area contributed by atoms with E-state index in [9.17, 15) is 14.7 Å². The molecule has 0 unspecified atom stereocenters. The van der Waals surface area contributed by atoms with Crippen molar-refractivity contribution in [2.45, 2.75) is 25.6 Å². The number of methoxy groups -OCH3 is 1. The maximum atomic E-state index is 12.7. The number of carbonyl (C=O) groups excluding carboxylic acids is 1. The summed E-state index contributed by atoms with van der Waals surface area (Å²) in [6.45, 7) is 2.79. The molecule has 0 spiro atoms. The maximum absolute atomic E-state index is 12.7. The van der Waals surface area contributed by atoms with Gasteiger partial charge in [0.1, 0.15) is 5.75 Å². The highest BCUT2D eigenvalue weighted by molar-refractivity contribution is 5.98. The van der Waals surface area contributed by atoms with Gasteiger partial charge in [0.05, 0.1) is 24.9 Å². The minimum absolute atomic E-state index is 0.0369. The van der Waals surface area contributed by atoms with E-state index in [1.165, 1.54) is 7.11 Å². The Hall–Kier alpha value is -4.24. The summed E-state index contributed by atoms with van der Waals surface area (Å²) in [5.74, 6) is 0.463. The fourth-order valence-electron chi connectivity index (χ4n) is 5.80. The predicted molar refractivity (Wildman–Crippen MR) is 139 cm³/mol. The van der Waals surface area contributed by atoms with Gasteiger partial charge in [-0.25, -0.2) is 0 Å². The first-order valence-electron chi connectivity index (χ1n) is 12.3. The van der Waals surface area contributed by atoms with Crippen LogP contribution in [0, 0.1) is 5.92 Å². The lowest BCUT2D eigenvalue weighted by atomic mass is 9.83. The van der Waals surface area contributed by atoms with Crippen molar-refractivity contribution >= 4 is 22.5 Å². The molecule has 1 fully saturated rings. The summed E-state index contributed by atoms with van der Waals surface area (Å²) in [6, 6.07) is 19.9. The Labute approximate surface area is 213 Å². The highest BCUT2D eigenvalue weighted by Crippen LogP contribution is 2.41. The van der Waals surface area contributed by atoms with Gasteiger partial charge >= 0.3 is 0 Å². The van der Waals surface area contributed by atoms with Crippen molar-refractivity contribution in [3.8, 4) is 11.6 Å². The fraction of sp³-hybridized carbons (Fsp3) is 0.286. The molecule has 1 saturated heterocycles. The molecule has 188 valence electrons. The number of piperidine rings is 1. The Balaban J connectivity index is 1.30. The van der Waals surface area contributed by atoms with Gasteiger partial charge in [0.2, 0.25) is 5.88 Å². The van der Waals surface area contributed by atoms with Gasteiger partial charge in [-0.3, -0.25) is 19.1 Å². The van der Waals surface area contributed by atoms with Crippen molar-refractivity contribution in [1.29, 1.82) is 0 Å². The van der Waals surface area contributed by atoms with Crippen LogP contribution in [0.4, 0.5) is 5.69 Å². The maximum Gasteiger partial charge on any atom is 0.299 e. The van der Waals surface area contributed by atoms with Gasteiger partial charge in [0.25, 0.3) is 11.5 Å². The third-order valence-corrected chi connectivity index (χ3v) is 7.39. The molecule has 1 N–H and O–H groups in total. The van der Waals surface area contributed by atoms with E-state index in [4.69, 9.17) is 4.74 Å². The van der Waals surface area contributed by atoms with E-state index in [0.29, 0.717) is 35.8 Å². The van der Waals surface area contributed by atoms with Crippen molar-refractivity contribution < 1.29 is 14.6 Å². The number of amides is 1. The number of likely N-dealkylation sites (tertiary alicyclic amines) is 1. The highest BCUT2D eigenvalue weighted by Gasteiger charge is 2.35. The summed E-state index contributed by atoms with van der Waals surface area (Å²) in [5, 5.41) is 20.0. The van der Waals surface area contributed by atoms with E-state index in [0.717, 1.165) is 30.7 Å². The molecule has 1 amide bonds. The SMILES string of the molecule is COc1ccccc1C(=O)N=Nc1c(O)n(CN2C[C@@H]3C[C@H](C2)c2cccc(=O)n2C3)c2ccccc12. The summed E-state index contributed by atoms with van der Waals surface area (Å²) in [7, 11) is 1.49. The van der Waals surface area contributed by atoms with Gasteiger partial charge < -0.3 is 14.4 Å². The number of benzene rings is 2. The topological polar surface area (TPSA) is 101 Å². The normalized spacial score (nSPS) is 19.3. The van der Waals surface area contributed by atoms with Crippen LogP contribution in [0.5, 0.6) is 11.6 Å². The van der Waals surface area contributed by atoms with Crippen molar-refractivity contribution in [2.24, 2.45) is 16.1 Å². The van der Waals surface area contributed by atoms with Crippen molar-refractivity contribution in [2.75, 3.05) is 20.2 Å². The fourth-order valence-corrected chi connectivity index (χ4v) is 5.80. The number of nitrogens with zero attached hydrogens (tertiary/aromatic N) is 5. The van der Waals surface area contributed by atoms with Gasteiger partial charge in [-0.15, -0.1) is 10.2 Å². The first-order chi connectivity index (χ1) is 18.0. The lowest BCUT2D eigenvalue weighted by Crippen LogP contribution is -2.47. The Bertz CT molecular complexity index is 1590. The quantitative estimate of drug-likeness (QED) is 0.409. The molecule has 2 aromatic carbocycles. The number of aromatic nitrogens is 2. The first-order valence-corrected chi connectivity index (χ1v) is 12.3. The van der Waals surface area contributed by atoms with Gasteiger partial charge in [-0.1, -0.05) is 36.4 Å². The first kappa shape index (κ1) is 23.2. The number of carbonyl (C=O) groups is 1. The molecule has 2 aliphatic rings. The van der Waals surface area contributed by atoms with E-state index in [1.807, 2.05) is 45.5 Å². The molecule has 0 radical (unpaired) electrons. The second kappa shape index (κ2) is 9.33. The number of hydrogen-bond donors (Lipinski definition) is 1. The molecule has 9 nitrogen and oxygen atoms in total. The van der Waals surface area contributed by atoms with Crippen LogP contribution in [0.1, 0.15) is 28.4 Å². The third-order valence-electron chi connectivity index (χ3n) is 7.39. The van der Waals surface area contributed by atoms with E-state index in [-0.39, 0.29) is 23.0 Å². The molecule has 2 aliphatic heterocycles. The number of fused-ring (bicyclic) bond motifs is 5. The molecule has 2 bridgehead atoms.